The van der Waals surface area contributed by atoms with E-state index in [1.807, 2.05) is 4.90 Å². The molecular weight excluding hydrogens is 1690 g/mol. The molecule has 126 heavy (non-hydrogen) atoms. The molecule has 0 spiro atoms. The molecule has 18 atom stereocenters. The molecule has 37 nitrogen and oxygen atoms in total. The van der Waals surface area contributed by atoms with Gasteiger partial charge in [0.2, 0.25) is 65.6 Å². The molecule has 0 unspecified atom stereocenters. The number of aromatic hydroxyl groups is 4. The summed E-state index contributed by atoms with van der Waals surface area (Å²) in [6.45, 7) is 0.855. The Morgan fingerprint density at radius 2 is 1.13 bits per heavy atom. The summed E-state index contributed by atoms with van der Waals surface area (Å²) >= 11 is 14.4. The van der Waals surface area contributed by atoms with Gasteiger partial charge in [0.25, 0.3) is 0 Å². The lowest BCUT2D eigenvalue weighted by molar-refractivity contribution is -0.277. The summed E-state index contributed by atoms with van der Waals surface area (Å²) in [5.41, 5.74) is -2.32. The highest BCUT2D eigenvalue weighted by molar-refractivity contribution is 6.33. The van der Waals surface area contributed by atoms with E-state index in [1.165, 1.54) is 66.5 Å². The van der Waals surface area contributed by atoms with Gasteiger partial charge in [-0.2, -0.15) is 0 Å². The van der Waals surface area contributed by atoms with Gasteiger partial charge in [-0.1, -0.05) is 105 Å². The lowest BCUT2D eigenvalue weighted by Crippen LogP contribution is -2.65. The highest BCUT2D eigenvalue weighted by Crippen LogP contribution is 2.51. The van der Waals surface area contributed by atoms with E-state index in [1.54, 1.807) is 7.05 Å². The smallest absolute Gasteiger partial charge is 0.249 e. The molecule has 0 radical (unpaired) electrons. The van der Waals surface area contributed by atoms with Crippen LogP contribution in [0, 0.1) is 0 Å². The van der Waals surface area contributed by atoms with Crippen molar-refractivity contribution in [3.8, 4) is 80.1 Å². The lowest BCUT2D eigenvalue weighted by Gasteiger charge is -2.42. The Kier molecular flexibility index (Phi) is 28.3. The third-order valence-corrected chi connectivity index (χ3v) is 24.0. The zero-order valence-electron chi connectivity index (χ0n) is 68.3. The van der Waals surface area contributed by atoms with E-state index >= 15 is 28.8 Å². The van der Waals surface area contributed by atoms with E-state index in [-0.39, 0.29) is 65.6 Å². The summed E-state index contributed by atoms with van der Waals surface area (Å²) < 4.78 is 45.0. The third-order valence-electron chi connectivity index (χ3n) is 23.3. The van der Waals surface area contributed by atoms with E-state index < -0.39 is 254 Å². The number of hydrogen-bond acceptors (Lipinski definition) is 29. The number of nitrogens with zero attached hydrogens (tertiary/aromatic N) is 2. The summed E-state index contributed by atoms with van der Waals surface area (Å²) in [5, 5.41) is 159. The number of fused-ring (bicyclic) bond motifs is 14. The van der Waals surface area contributed by atoms with Crippen LogP contribution in [-0.4, -0.2) is 245 Å². The van der Waals surface area contributed by atoms with Crippen molar-refractivity contribution in [2.75, 3.05) is 53.5 Å². The first-order chi connectivity index (χ1) is 60.4. The summed E-state index contributed by atoms with van der Waals surface area (Å²) in [6, 6.07) is 6.85. The second-order valence-corrected chi connectivity index (χ2v) is 32.8. The van der Waals surface area contributed by atoms with Gasteiger partial charge < -0.3 is 147 Å². The van der Waals surface area contributed by atoms with E-state index in [0.717, 1.165) is 99.2 Å². The topological polar surface area (TPSA) is 547 Å². The van der Waals surface area contributed by atoms with Crippen molar-refractivity contribution in [2.24, 2.45) is 0 Å². The second-order valence-electron chi connectivity index (χ2n) is 32.0. The van der Waals surface area contributed by atoms with Gasteiger partial charge in [0.05, 0.1) is 23.3 Å². The Labute approximate surface area is 730 Å². The van der Waals surface area contributed by atoms with Crippen molar-refractivity contribution >= 4 is 70.5 Å². The third kappa shape index (κ3) is 19.6. The normalized spacial score (nSPS) is 26.9. The molecule has 17 bridgehead atoms. The van der Waals surface area contributed by atoms with Crippen molar-refractivity contribution in [3.63, 3.8) is 0 Å². The second kappa shape index (κ2) is 39.2. The lowest BCUT2D eigenvalue weighted by atomic mass is 9.89. The summed E-state index contributed by atoms with van der Waals surface area (Å²) in [4.78, 5) is 129. The minimum absolute atomic E-state index is 0.0284. The van der Waals surface area contributed by atoms with Gasteiger partial charge in [-0.25, -0.2) is 0 Å². The molecule has 20 N–H and O–H groups in total. The number of nitrogens with one attached hydrogen (secondary N) is 8. The molecule has 9 heterocycles. The monoisotopic (exact) mass is 1780 g/mol. The standard InChI is InChI=1S/C87H98Cl2N10O27/c1-4-5-6-7-8-9-10-11-12-62(106)92-71-75(110)73(108)60(37-100)124-86(71)126-78-58-31-43-32-59(78)122-55-22-17-42(29-50(55)88)72(107)70-84(118)96-69(85(119)99-25-23-98(3)24-26-99)48-33-44(102)34-57(123-87-77(112)76(111)74(109)61(38-101)125-87)63(48)47-28-40(15-20-52(47)103)66(81(115)97-70)93-82(116)67(43)94-83(117)68-49-35-46(36-54(105)64(49)89)121-56-30-41(16-21-53(56)104)65(90-2)80(114)91-51(79(113)95-68)27-39-13-18-45(120-58)19-14-39/h13-22,28-36,51,60-61,65-77,86-87,90,100-105,107-112H,4-12,23-27,37-38H2,1-3H3,(H,91,114)(H,92,106)(H,93,116)(H,94,117)(H,95,113)(H,96,118)(H,97,115)/t51-,60-,61-,65+,66-,67-,68+,69-,70+,71-,72-,73-,74-,75-,76+,77+,86+,87+/m1/s1. The number of benzene rings is 7. The minimum Gasteiger partial charge on any atom is -0.508 e. The van der Waals surface area contributed by atoms with Gasteiger partial charge in [-0.15, -0.1) is 0 Å². The molecule has 9 aliphatic heterocycles. The summed E-state index contributed by atoms with van der Waals surface area (Å²) in [7, 11) is 3.24. The molecule has 3 fully saturated rings. The highest BCUT2D eigenvalue weighted by Gasteiger charge is 2.50. The fraction of sp³-hybridized carbons (Fsp3) is 0.425. The van der Waals surface area contributed by atoms with Gasteiger partial charge in [0, 0.05) is 67.8 Å². The van der Waals surface area contributed by atoms with Crippen molar-refractivity contribution in [1.82, 2.24) is 52.3 Å². The molecule has 39 heteroatoms. The number of aliphatic hydroxyl groups excluding tert-OH is 8. The van der Waals surface area contributed by atoms with Crippen molar-refractivity contribution in [1.29, 1.82) is 0 Å². The number of carbonyl (C=O) groups is 8. The van der Waals surface area contributed by atoms with Crippen molar-refractivity contribution in [3.05, 3.63) is 164 Å². The minimum atomic E-state index is -2.40. The average Bonchev–Trinajstić information content (AvgIpc) is 0.757. The van der Waals surface area contributed by atoms with Gasteiger partial charge in [0.1, 0.15) is 137 Å². The molecule has 0 aliphatic carbocycles. The summed E-state index contributed by atoms with van der Waals surface area (Å²) in [6.07, 6.45) is -13.0. The Morgan fingerprint density at radius 1 is 0.524 bits per heavy atom. The molecule has 3 saturated heterocycles. The molecule has 0 aromatic heterocycles. The maximum Gasteiger partial charge on any atom is 0.249 e. The number of ether oxygens (including phenoxy) is 7. The molecule has 672 valence electrons. The number of rotatable bonds is 18. The number of aliphatic hydroxyl groups is 8. The quantitative estimate of drug-likeness (QED) is 0.0546. The van der Waals surface area contributed by atoms with Crippen LogP contribution in [0.4, 0.5) is 0 Å². The molecule has 16 rings (SSSR count). The van der Waals surface area contributed by atoms with Crippen LogP contribution in [-0.2, 0) is 54.3 Å². The predicted octanol–water partition coefficient (Wildman–Crippen LogP) is 3.54. The van der Waals surface area contributed by atoms with Crippen LogP contribution in [0.3, 0.4) is 0 Å². The first-order valence-electron chi connectivity index (χ1n) is 41.3. The van der Waals surface area contributed by atoms with Gasteiger partial charge >= 0.3 is 0 Å². The SMILES string of the molecule is CCCCCCCCCCC(=O)N[C@H]1[C@H](Oc2c3cc4cc2Oc2ccc(cc2Cl)[C@@H](O)[C@@H]2NC(=O)[C@H](NC(=O)[C@@H]4NC(=O)[C@H]4NC(=O)[C@@H](Cc5ccc(cc5)O3)NC(=O)[C@@H](NC)c3ccc(O)c(c3)Oc3cc(O)c(Cl)c4c3)c3ccc(O)c(c3)-c3c(O[C@H]4O[C@H](CO)[C@@H](O)[C@H](O)[C@@H]4O)cc(O)cc3[C@H](C(=O)N3CCN(C)CC3)NC2=O)O[C@H](CO)[C@@H](O)[C@@H]1O. The van der Waals surface area contributed by atoms with Crippen LogP contribution in [0.25, 0.3) is 11.1 Å². The van der Waals surface area contributed by atoms with Crippen LogP contribution < -0.4 is 66.2 Å². The molecule has 7 aromatic carbocycles. The van der Waals surface area contributed by atoms with Crippen molar-refractivity contribution in [2.45, 2.75) is 181 Å². The maximum atomic E-state index is 16.8. The number of unbranched alkanes of at least 4 members (excludes halogenated alkanes) is 7. The number of halogens is 2. The Balaban J connectivity index is 0.993. The number of phenolic OH excluding ortho intramolecular Hbond substituents is 4. The van der Waals surface area contributed by atoms with Crippen LogP contribution in [0.2, 0.25) is 10.0 Å². The summed E-state index contributed by atoms with van der Waals surface area (Å²) in [5.74, 6) is -15.1. The number of likely N-dealkylation sites (N-methyl/N-ethyl adjacent to an activating group) is 2. The Bertz CT molecular complexity index is 5260. The average molecular weight is 1790 g/mol. The fourth-order valence-electron chi connectivity index (χ4n) is 16.3. The molecule has 9 aliphatic rings. The van der Waals surface area contributed by atoms with E-state index in [0.29, 0.717) is 31.5 Å². The Hall–Kier alpha value is -11.4. The molecule has 8 amide bonds. The van der Waals surface area contributed by atoms with Crippen LogP contribution in [0.5, 0.6) is 69.0 Å². The predicted molar refractivity (Wildman–Crippen MR) is 445 cm³/mol. The fourth-order valence-corrected chi connectivity index (χ4v) is 16.7. The van der Waals surface area contributed by atoms with Crippen LogP contribution >= 0.6 is 23.2 Å². The van der Waals surface area contributed by atoms with E-state index in [9.17, 15) is 70.9 Å². The van der Waals surface area contributed by atoms with Gasteiger partial charge in [0.15, 0.2) is 23.0 Å². The van der Waals surface area contributed by atoms with Gasteiger partial charge in [-0.05, 0) is 127 Å². The molecule has 7 aromatic rings. The van der Waals surface area contributed by atoms with Crippen LogP contribution in [0.1, 0.15) is 140 Å². The maximum absolute atomic E-state index is 16.8. The number of piperazine rings is 1. The number of phenols is 4. The first kappa shape index (κ1) is 90.8. The zero-order chi connectivity index (χ0) is 89.8. The van der Waals surface area contributed by atoms with Gasteiger partial charge in [-0.3, -0.25) is 38.4 Å². The number of hydrogen-bond donors (Lipinski definition) is 20. The molecular formula is C87H98Cl2N10O27. The number of amides is 8. The highest BCUT2D eigenvalue weighted by atomic mass is 35.5. The van der Waals surface area contributed by atoms with E-state index in [2.05, 4.69) is 49.5 Å². The molecule has 0 saturated carbocycles. The van der Waals surface area contributed by atoms with E-state index in [4.69, 9.17) is 56.4 Å². The Morgan fingerprint density at radius 3 is 1.83 bits per heavy atom. The first-order valence-corrected chi connectivity index (χ1v) is 42.0. The largest absolute Gasteiger partial charge is 0.508 e. The van der Waals surface area contributed by atoms with Crippen molar-refractivity contribution < 1.29 is 133 Å². The zero-order valence-corrected chi connectivity index (χ0v) is 69.8. The number of carbonyl (C=O) groups excluding carboxylic acids is 8. The van der Waals surface area contributed by atoms with Crippen LogP contribution in [0.15, 0.2) is 115 Å².